The van der Waals surface area contributed by atoms with Crippen molar-refractivity contribution in [2.45, 2.75) is 58.4 Å². The predicted octanol–water partition coefficient (Wildman–Crippen LogP) is 4.61. The van der Waals surface area contributed by atoms with Crippen LogP contribution in [0.25, 0.3) is 0 Å². The molecule has 1 heterocycles. The molecule has 1 amide bonds. The first-order valence-corrected chi connectivity index (χ1v) is 8.20. The Bertz CT molecular complexity index is 568. The molecule has 0 aromatic heterocycles. The zero-order valence-corrected chi connectivity index (χ0v) is 13.5. The molecule has 2 N–H and O–H groups in total. The maximum Gasteiger partial charge on any atom is 0.228 e. The van der Waals surface area contributed by atoms with Gasteiger partial charge in [0.1, 0.15) is 0 Å². The number of hydrogen-bond donors (Lipinski definition) is 2. The Balaban J connectivity index is 1.73. The number of nitrogens with one attached hydrogen (secondary N) is 2. The van der Waals surface area contributed by atoms with Gasteiger partial charge in [-0.2, -0.15) is 0 Å². The van der Waals surface area contributed by atoms with Crippen LogP contribution in [0.2, 0.25) is 5.02 Å². The number of carbonyl (C=O) groups excluding carboxylic acids is 1. The van der Waals surface area contributed by atoms with Gasteiger partial charge < -0.3 is 10.6 Å². The van der Waals surface area contributed by atoms with E-state index in [2.05, 4.69) is 24.5 Å². The molecule has 21 heavy (non-hydrogen) atoms. The first-order valence-electron chi connectivity index (χ1n) is 7.82. The van der Waals surface area contributed by atoms with Gasteiger partial charge >= 0.3 is 0 Å². The number of amides is 1. The Morgan fingerprint density at radius 3 is 2.90 bits per heavy atom. The standard InChI is InChI=1S/C17H23ClN2O/c1-17(2)6-3-4-12(5-7-17)19-15-8-11-9-16(21)20-14(11)10-13(15)18/h8,10,12,19H,3-7,9H2,1-2H3,(H,20,21). The molecule has 4 heteroatoms. The molecule has 1 aromatic rings. The van der Waals surface area contributed by atoms with E-state index in [9.17, 15) is 4.79 Å². The van der Waals surface area contributed by atoms with Gasteiger partial charge in [-0.1, -0.05) is 31.9 Å². The van der Waals surface area contributed by atoms with Crippen LogP contribution in [0.15, 0.2) is 12.1 Å². The largest absolute Gasteiger partial charge is 0.381 e. The lowest BCUT2D eigenvalue weighted by Crippen LogP contribution is -2.19. The number of carbonyl (C=O) groups is 1. The molecular weight excluding hydrogens is 284 g/mol. The molecule has 3 nitrogen and oxygen atoms in total. The molecule has 0 saturated heterocycles. The Labute approximate surface area is 131 Å². The predicted molar refractivity (Wildman–Crippen MR) is 88.1 cm³/mol. The molecule has 1 fully saturated rings. The normalized spacial score (nSPS) is 24.1. The van der Waals surface area contributed by atoms with Crippen LogP contribution in [-0.2, 0) is 11.2 Å². The zero-order valence-electron chi connectivity index (χ0n) is 12.8. The molecule has 3 rings (SSSR count). The topological polar surface area (TPSA) is 41.1 Å². The summed E-state index contributed by atoms with van der Waals surface area (Å²) in [5, 5.41) is 7.13. The number of anilines is 2. The second-order valence-electron chi connectivity index (χ2n) is 7.15. The minimum Gasteiger partial charge on any atom is -0.381 e. The summed E-state index contributed by atoms with van der Waals surface area (Å²) in [6.07, 6.45) is 6.62. The van der Waals surface area contributed by atoms with Crippen LogP contribution in [0.3, 0.4) is 0 Å². The second-order valence-corrected chi connectivity index (χ2v) is 7.56. The van der Waals surface area contributed by atoms with Crippen LogP contribution >= 0.6 is 11.6 Å². The number of benzene rings is 1. The van der Waals surface area contributed by atoms with Gasteiger partial charge in [-0.3, -0.25) is 4.79 Å². The minimum absolute atomic E-state index is 0.0504. The molecule has 1 saturated carbocycles. The van der Waals surface area contributed by atoms with Crippen molar-refractivity contribution in [2.75, 3.05) is 10.6 Å². The summed E-state index contributed by atoms with van der Waals surface area (Å²) in [6.45, 7) is 4.71. The summed E-state index contributed by atoms with van der Waals surface area (Å²) < 4.78 is 0. The monoisotopic (exact) mass is 306 g/mol. The molecule has 114 valence electrons. The molecule has 2 aliphatic rings. The van der Waals surface area contributed by atoms with E-state index in [1.54, 1.807) is 0 Å². The molecule has 0 bridgehead atoms. The van der Waals surface area contributed by atoms with E-state index in [1.165, 1.54) is 32.1 Å². The summed E-state index contributed by atoms with van der Waals surface area (Å²) in [5.41, 5.74) is 3.32. The molecule has 1 aliphatic heterocycles. The van der Waals surface area contributed by atoms with Crippen molar-refractivity contribution in [3.8, 4) is 0 Å². The van der Waals surface area contributed by atoms with Crippen LogP contribution in [0.4, 0.5) is 11.4 Å². The SMILES string of the molecule is CC1(C)CCCC(Nc2cc3c(cc2Cl)NC(=O)C3)CC1. The third kappa shape index (κ3) is 3.34. The van der Waals surface area contributed by atoms with Gasteiger partial charge in [0.25, 0.3) is 0 Å². The van der Waals surface area contributed by atoms with E-state index in [1.807, 2.05) is 12.1 Å². The maximum atomic E-state index is 11.5. The summed E-state index contributed by atoms with van der Waals surface area (Å²) in [4.78, 5) is 11.5. The van der Waals surface area contributed by atoms with Gasteiger partial charge in [-0.15, -0.1) is 0 Å². The van der Waals surface area contributed by atoms with Crippen LogP contribution in [0, 0.1) is 5.41 Å². The van der Waals surface area contributed by atoms with E-state index < -0.39 is 0 Å². The minimum atomic E-state index is 0.0504. The Morgan fingerprint density at radius 2 is 2.10 bits per heavy atom. The van der Waals surface area contributed by atoms with Crippen LogP contribution < -0.4 is 10.6 Å². The molecular formula is C17H23ClN2O. The van der Waals surface area contributed by atoms with Crippen molar-refractivity contribution < 1.29 is 4.79 Å². The number of hydrogen-bond acceptors (Lipinski definition) is 2. The van der Waals surface area contributed by atoms with E-state index >= 15 is 0 Å². The quantitative estimate of drug-likeness (QED) is 0.784. The molecule has 1 unspecified atom stereocenters. The van der Waals surface area contributed by atoms with Crippen LogP contribution in [0.1, 0.15) is 51.5 Å². The molecule has 1 aromatic carbocycles. The van der Waals surface area contributed by atoms with Crippen molar-refractivity contribution in [1.29, 1.82) is 0 Å². The Kier molecular flexibility index (Phi) is 3.87. The average Bonchev–Trinajstić information content (AvgIpc) is 2.65. The average molecular weight is 307 g/mol. The van der Waals surface area contributed by atoms with Crippen LogP contribution in [-0.4, -0.2) is 11.9 Å². The Hall–Kier alpha value is -1.22. The highest BCUT2D eigenvalue weighted by molar-refractivity contribution is 6.33. The maximum absolute atomic E-state index is 11.5. The second kappa shape index (κ2) is 5.53. The van der Waals surface area contributed by atoms with E-state index in [-0.39, 0.29) is 5.91 Å². The summed E-state index contributed by atoms with van der Waals surface area (Å²) >= 11 is 6.36. The van der Waals surface area contributed by atoms with Crippen molar-refractivity contribution in [1.82, 2.24) is 0 Å². The fourth-order valence-electron chi connectivity index (χ4n) is 3.38. The Morgan fingerprint density at radius 1 is 1.29 bits per heavy atom. The van der Waals surface area contributed by atoms with Gasteiger partial charge in [0.15, 0.2) is 0 Å². The first-order chi connectivity index (χ1) is 9.93. The first kappa shape index (κ1) is 14.7. The molecule has 1 aliphatic carbocycles. The van der Waals surface area contributed by atoms with Crippen molar-refractivity contribution in [3.63, 3.8) is 0 Å². The van der Waals surface area contributed by atoms with Crippen molar-refractivity contribution >= 4 is 28.9 Å². The molecule has 0 spiro atoms. The summed E-state index contributed by atoms with van der Waals surface area (Å²) in [6, 6.07) is 4.38. The summed E-state index contributed by atoms with van der Waals surface area (Å²) in [5.74, 6) is 0.0504. The lowest BCUT2D eigenvalue weighted by atomic mass is 9.85. The van der Waals surface area contributed by atoms with Gasteiger partial charge in [-0.05, 0) is 48.8 Å². The van der Waals surface area contributed by atoms with Gasteiger partial charge in [0.2, 0.25) is 5.91 Å². The van der Waals surface area contributed by atoms with E-state index in [0.29, 0.717) is 22.9 Å². The highest BCUT2D eigenvalue weighted by atomic mass is 35.5. The van der Waals surface area contributed by atoms with Gasteiger partial charge in [0.05, 0.1) is 17.1 Å². The third-order valence-corrected chi connectivity index (χ3v) is 5.07. The van der Waals surface area contributed by atoms with Gasteiger partial charge in [-0.25, -0.2) is 0 Å². The molecule has 0 radical (unpaired) electrons. The third-order valence-electron chi connectivity index (χ3n) is 4.75. The fraction of sp³-hybridized carbons (Fsp3) is 0.588. The van der Waals surface area contributed by atoms with Gasteiger partial charge in [0, 0.05) is 11.7 Å². The van der Waals surface area contributed by atoms with Crippen molar-refractivity contribution in [3.05, 3.63) is 22.7 Å². The summed E-state index contributed by atoms with van der Waals surface area (Å²) in [7, 11) is 0. The molecule has 1 atom stereocenters. The van der Waals surface area contributed by atoms with E-state index in [4.69, 9.17) is 11.6 Å². The van der Waals surface area contributed by atoms with Crippen molar-refractivity contribution in [2.24, 2.45) is 5.41 Å². The number of fused-ring (bicyclic) bond motifs is 1. The fourth-order valence-corrected chi connectivity index (χ4v) is 3.60. The zero-order chi connectivity index (χ0) is 15.0. The lowest BCUT2D eigenvalue weighted by Gasteiger charge is -2.23. The smallest absolute Gasteiger partial charge is 0.228 e. The highest BCUT2D eigenvalue weighted by Crippen LogP contribution is 2.37. The highest BCUT2D eigenvalue weighted by Gasteiger charge is 2.25. The van der Waals surface area contributed by atoms with E-state index in [0.717, 1.165) is 16.9 Å². The number of rotatable bonds is 2. The number of halogens is 1. The lowest BCUT2D eigenvalue weighted by molar-refractivity contribution is -0.115. The van der Waals surface area contributed by atoms with Crippen LogP contribution in [0.5, 0.6) is 0 Å².